The normalized spacial score (nSPS) is 26.1. The van der Waals surface area contributed by atoms with E-state index in [2.05, 4.69) is 29.2 Å². The summed E-state index contributed by atoms with van der Waals surface area (Å²) in [6.45, 7) is 3.30. The first kappa shape index (κ1) is 13.1. The second-order valence-electron chi connectivity index (χ2n) is 6.87. The Balaban J connectivity index is 1.66. The van der Waals surface area contributed by atoms with E-state index in [0.717, 1.165) is 23.9 Å². The molecule has 1 aliphatic carbocycles. The maximum atomic E-state index is 10.3. The van der Waals surface area contributed by atoms with Crippen LogP contribution in [0.5, 0.6) is 5.75 Å². The molecule has 2 nitrogen and oxygen atoms in total. The molecule has 0 aromatic heterocycles. The molecule has 21 heavy (non-hydrogen) atoms. The lowest BCUT2D eigenvalue weighted by atomic mass is 9.84. The molecule has 0 radical (unpaired) electrons. The number of aromatic hydroxyl groups is 1. The van der Waals surface area contributed by atoms with Gasteiger partial charge in [-0.15, -0.1) is 0 Å². The van der Waals surface area contributed by atoms with Gasteiger partial charge in [0, 0.05) is 25.2 Å². The molecule has 2 aromatic rings. The van der Waals surface area contributed by atoms with Crippen LogP contribution in [0, 0.1) is 11.8 Å². The van der Waals surface area contributed by atoms with Crippen LogP contribution in [0.4, 0.5) is 0 Å². The summed E-state index contributed by atoms with van der Waals surface area (Å²) in [7, 11) is 0. The summed E-state index contributed by atoms with van der Waals surface area (Å²) < 4.78 is 0. The monoisotopic (exact) mass is 281 g/mol. The van der Waals surface area contributed by atoms with Crippen molar-refractivity contribution in [3.63, 3.8) is 0 Å². The fourth-order valence-corrected chi connectivity index (χ4v) is 4.24. The van der Waals surface area contributed by atoms with Crippen LogP contribution in [0.15, 0.2) is 36.4 Å². The summed E-state index contributed by atoms with van der Waals surface area (Å²) in [5.41, 5.74) is 1.11. The van der Waals surface area contributed by atoms with Crippen LogP contribution in [0.3, 0.4) is 0 Å². The van der Waals surface area contributed by atoms with Crippen molar-refractivity contribution in [3.8, 4) is 5.75 Å². The first-order valence-corrected chi connectivity index (χ1v) is 8.21. The molecule has 0 unspecified atom stereocenters. The molecule has 2 aliphatic heterocycles. The Morgan fingerprint density at radius 2 is 1.57 bits per heavy atom. The molecule has 3 aliphatic rings. The molecule has 1 saturated carbocycles. The molecule has 2 saturated heterocycles. The van der Waals surface area contributed by atoms with Crippen LogP contribution in [0.2, 0.25) is 0 Å². The van der Waals surface area contributed by atoms with Crippen molar-refractivity contribution in [1.29, 1.82) is 0 Å². The van der Waals surface area contributed by atoms with Gasteiger partial charge in [0.15, 0.2) is 0 Å². The van der Waals surface area contributed by atoms with E-state index < -0.39 is 0 Å². The highest BCUT2D eigenvalue weighted by atomic mass is 16.3. The van der Waals surface area contributed by atoms with Gasteiger partial charge in [-0.2, -0.15) is 0 Å². The van der Waals surface area contributed by atoms with E-state index in [1.54, 1.807) is 0 Å². The van der Waals surface area contributed by atoms with E-state index in [4.69, 9.17) is 0 Å². The molecule has 2 heterocycles. The molecule has 0 atom stereocenters. The molecular formula is C19H23NO. The zero-order chi connectivity index (χ0) is 14.2. The van der Waals surface area contributed by atoms with Gasteiger partial charge in [0.05, 0.1) is 0 Å². The average Bonchev–Trinajstić information content (AvgIpc) is 2.83. The number of phenols is 1. The van der Waals surface area contributed by atoms with E-state index in [1.165, 1.54) is 49.5 Å². The zero-order valence-corrected chi connectivity index (χ0v) is 12.5. The molecular weight excluding hydrogens is 258 g/mol. The molecule has 2 heteroatoms. The average molecular weight is 281 g/mol. The largest absolute Gasteiger partial charge is 0.508 e. The quantitative estimate of drug-likeness (QED) is 0.893. The summed E-state index contributed by atoms with van der Waals surface area (Å²) in [6.07, 6.45) is 5.62. The molecule has 1 N–H and O–H groups in total. The molecule has 0 amide bonds. The molecule has 3 fully saturated rings. The number of phenolic OH excluding ortho intramolecular Hbond substituents is 1. The predicted molar refractivity (Wildman–Crippen MR) is 86.3 cm³/mol. The maximum Gasteiger partial charge on any atom is 0.120 e. The highest BCUT2D eigenvalue weighted by Crippen LogP contribution is 2.36. The van der Waals surface area contributed by atoms with Crippen LogP contribution in [-0.2, 0) is 6.54 Å². The van der Waals surface area contributed by atoms with Crippen molar-refractivity contribution < 1.29 is 5.11 Å². The van der Waals surface area contributed by atoms with E-state index in [0.29, 0.717) is 5.75 Å². The van der Waals surface area contributed by atoms with Gasteiger partial charge in [-0.25, -0.2) is 0 Å². The van der Waals surface area contributed by atoms with Crippen LogP contribution >= 0.6 is 0 Å². The second kappa shape index (κ2) is 5.34. The topological polar surface area (TPSA) is 23.5 Å². The SMILES string of the molecule is Oc1ccc2ccccc2c1CN1CC2CCC(CC2)C1. The summed E-state index contributed by atoms with van der Waals surface area (Å²) in [6, 6.07) is 12.3. The number of benzene rings is 2. The standard InChI is InChI=1S/C19H23NO/c21-19-10-9-16-3-1-2-4-17(16)18(19)13-20-11-14-5-6-15(12-20)8-7-14/h1-4,9-10,14-15,21H,5-8,11-13H2. The van der Waals surface area contributed by atoms with Crippen LogP contribution < -0.4 is 0 Å². The van der Waals surface area contributed by atoms with Crippen molar-refractivity contribution >= 4 is 10.8 Å². The van der Waals surface area contributed by atoms with Gasteiger partial charge in [-0.1, -0.05) is 30.3 Å². The lowest BCUT2D eigenvalue weighted by Gasteiger charge is -2.23. The number of hydrogen-bond acceptors (Lipinski definition) is 2. The first-order chi connectivity index (χ1) is 10.3. The Kier molecular flexibility index (Phi) is 3.34. The number of nitrogens with zero attached hydrogens (tertiary/aromatic N) is 1. The van der Waals surface area contributed by atoms with Gasteiger partial charge in [0.2, 0.25) is 0 Å². The minimum atomic E-state index is 0.449. The zero-order valence-electron chi connectivity index (χ0n) is 12.5. The Bertz CT molecular complexity index is 629. The lowest BCUT2D eigenvalue weighted by Crippen LogP contribution is -2.28. The third-order valence-electron chi connectivity index (χ3n) is 5.40. The highest BCUT2D eigenvalue weighted by Gasteiger charge is 2.29. The van der Waals surface area contributed by atoms with Crippen molar-refractivity contribution in [2.24, 2.45) is 11.8 Å². The summed E-state index contributed by atoms with van der Waals surface area (Å²) in [4.78, 5) is 2.58. The fourth-order valence-electron chi connectivity index (χ4n) is 4.24. The van der Waals surface area contributed by atoms with Gasteiger partial charge in [-0.3, -0.25) is 4.90 Å². The molecule has 0 spiro atoms. The van der Waals surface area contributed by atoms with Crippen molar-refractivity contribution in [2.75, 3.05) is 13.1 Å². The van der Waals surface area contributed by atoms with Gasteiger partial charge in [0.25, 0.3) is 0 Å². The molecule has 110 valence electrons. The van der Waals surface area contributed by atoms with E-state index >= 15 is 0 Å². The van der Waals surface area contributed by atoms with Gasteiger partial charge >= 0.3 is 0 Å². The number of fused-ring (bicyclic) bond motifs is 5. The van der Waals surface area contributed by atoms with E-state index in [9.17, 15) is 5.11 Å². The third-order valence-corrected chi connectivity index (χ3v) is 5.40. The number of rotatable bonds is 2. The Morgan fingerprint density at radius 1 is 0.905 bits per heavy atom. The molecule has 2 aromatic carbocycles. The van der Waals surface area contributed by atoms with E-state index in [1.807, 2.05) is 12.1 Å². The predicted octanol–water partition coefficient (Wildman–Crippen LogP) is 4.17. The van der Waals surface area contributed by atoms with Crippen LogP contribution in [0.25, 0.3) is 10.8 Å². The lowest BCUT2D eigenvalue weighted by molar-refractivity contribution is 0.242. The summed E-state index contributed by atoms with van der Waals surface area (Å²) >= 11 is 0. The maximum absolute atomic E-state index is 10.3. The van der Waals surface area contributed by atoms with Gasteiger partial charge < -0.3 is 5.11 Å². The van der Waals surface area contributed by atoms with Crippen LogP contribution in [-0.4, -0.2) is 23.1 Å². The first-order valence-electron chi connectivity index (χ1n) is 8.21. The molecule has 2 bridgehead atoms. The second-order valence-corrected chi connectivity index (χ2v) is 6.87. The van der Waals surface area contributed by atoms with Gasteiger partial charge in [0.1, 0.15) is 5.75 Å². The Morgan fingerprint density at radius 3 is 2.29 bits per heavy atom. The fraction of sp³-hybridized carbons (Fsp3) is 0.474. The van der Waals surface area contributed by atoms with E-state index in [-0.39, 0.29) is 0 Å². The summed E-state index contributed by atoms with van der Waals surface area (Å²) in [5, 5.41) is 12.8. The number of hydrogen-bond donors (Lipinski definition) is 1. The minimum Gasteiger partial charge on any atom is -0.508 e. The summed E-state index contributed by atoms with van der Waals surface area (Å²) in [5.74, 6) is 2.20. The van der Waals surface area contributed by atoms with Crippen LogP contribution in [0.1, 0.15) is 31.2 Å². The van der Waals surface area contributed by atoms with Crippen molar-refractivity contribution in [3.05, 3.63) is 42.0 Å². The van der Waals surface area contributed by atoms with Crippen molar-refractivity contribution in [2.45, 2.75) is 32.2 Å². The van der Waals surface area contributed by atoms with Gasteiger partial charge in [-0.05, 0) is 54.4 Å². The minimum absolute atomic E-state index is 0.449. The third kappa shape index (κ3) is 2.53. The Hall–Kier alpha value is -1.54. The Labute approximate surface area is 126 Å². The highest BCUT2D eigenvalue weighted by molar-refractivity contribution is 5.87. The molecule has 5 rings (SSSR count). The van der Waals surface area contributed by atoms with Crippen molar-refractivity contribution in [1.82, 2.24) is 4.90 Å². The smallest absolute Gasteiger partial charge is 0.120 e.